The second-order valence-corrected chi connectivity index (χ2v) is 6.91. The van der Waals surface area contributed by atoms with Crippen molar-refractivity contribution in [3.8, 4) is 0 Å². The van der Waals surface area contributed by atoms with Gasteiger partial charge in [-0.15, -0.1) is 35.3 Å². The quantitative estimate of drug-likeness (QED) is 0.338. The number of nitrogens with zero attached hydrogens (tertiary/aromatic N) is 2. The lowest BCUT2D eigenvalue weighted by molar-refractivity contribution is 0.607. The fourth-order valence-corrected chi connectivity index (χ4v) is 3.17. The molecule has 7 heteroatoms. The maximum absolute atomic E-state index is 13.8. The number of aliphatic imine (C=N–C) groups is 1. The van der Waals surface area contributed by atoms with Crippen molar-refractivity contribution in [2.75, 3.05) is 13.1 Å². The Morgan fingerprint density at radius 3 is 2.73 bits per heavy atom. The van der Waals surface area contributed by atoms with Crippen molar-refractivity contribution in [3.63, 3.8) is 0 Å². The molecule has 0 radical (unpaired) electrons. The molecule has 144 valence electrons. The summed E-state index contributed by atoms with van der Waals surface area (Å²) >= 11 is 1.70. The monoisotopic (exact) mass is 490 g/mol. The van der Waals surface area contributed by atoms with Gasteiger partial charge in [0.25, 0.3) is 0 Å². The maximum atomic E-state index is 13.8. The Labute approximate surface area is 176 Å². The molecule has 0 saturated carbocycles. The zero-order valence-electron chi connectivity index (χ0n) is 15.8. The molecule has 2 N–H and O–H groups in total. The minimum atomic E-state index is -0.177. The number of rotatable bonds is 7. The van der Waals surface area contributed by atoms with E-state index in [-0.39, 0.29) is 35.8 Å². The standard InChI is InChI=1S/C19H27FN4S.HI/c1-5-18-24-16(12-25-18)9-10-22-19(21-6-2)23-14(4)15-8-7-13(3)17(20)11-15;/h7-8,11-12,14H,5-6,9-10H2,1-4H3,(H2,21,22,23);1H. The van der Waals surface area contributed by atoms with E-state index in [1.54, 1.807) is 30.4 Å². The van der Waals surface area contributed by atoms with E-state index in [9.17, 15) is 4.39 Å². The predicted octanol–water partition coefficient (Wildman–Crippen LogP) is 4.63. The SMILES string of the molecule is CCNC(=NCCc1csc(CC)n1)NC(C)c1ccc(C)c(F)c1.I. The first-order valence-corrected chi connectivity index (χ1v) is 9.65. The Bertz CT molecular complexity index is 717. The average Bonchev–Trinajstić information content (AvgIpc) is 3.05. The summed E-state index contributed by atoms with van der Waals surface area (Å²) in [5.74, 6) is 0.560. The molecule has 0 aliphatic carbocycles. The van der Waals surface area contributed by atoms with Gasteiger partial charge in [-0.2, -0.15) is 0 Å². The smallest absolute Gasteiger partial charge is 0.191 e. The molecule has 0 amide bonds. The number of hydrogen-bond acceptors (Lipinski definition) is 3. The van der Waals surface area contributed by atoms with Crippen LogP contribution in [0.15, 0.2) is 28.6 Å². The van der Waals surface area contributed by atoms with Crippen LogP contribution >= 0.6 is 35.3 Å². The zero-order valence-corrected chi connectivity index (χ0v) is 19.0. The first-order chi connectivity index (χ1) is 12.0. The summed E-state index contributed by atoms with van der Waals surface area (Å²) in [7, 11) is 0. The summed E-state index contributed by atoms with van der Waals surface area (Å²) in [6, 6.07) is 5.30. The highest BCUT2D eigenvalue weighted by Crippen LogP contribution is 2.16. The van der Waals surface area contributed by atoms with Crippen LogP contribution in [0, 0.1) is 12.7 Å². The van der Waals surface area contributed by atoms with Crippen LogP contribution in [0.1, 0.15) is 48.6 Å². The molecule has 0 fully saturated rings. The molecule has 0 saturated heterocycles. The van der Waals surface area contributed by atoms with Crippen LogP contribution in [0.25, 0.3) is 0 Å². The molecule has 1 aromatic carbocycles. The van der Waals surface area contributed by atoms with Crippen molar-refractivity contribution in [3.05, 3.63) is 51.2 Å². The molecule has 2 aromatic rings. The second kappa shape index (κ2) is 11.5. The highest BCUT2D eigenvalue weighted by atomic mass is 127. The number of aryl methyl sites for hydroxylation is 2. The van der Waals surface area contributed by atoms with Crippen LogP contribution in [0.2, 0.25) is 0 Å². The molecule has 0 bridgehead atoms. The van der Waals surface area contributed by atoms with Crippen LogP contribution in [0.4, 0.5) is 4.39 Å². The van der Waals surface area contributed by atoms with Crippen LogP contribution in [0.3, 0.4) is 0 Å². The van der Waals surface area contributed by atoms with E-state index in [1.807, 2.05) is 19.9 Å². The Kier molecular flexibility index (Phi) is 10.1. The van der Waals surface area contributed by atoms with E-state index in [1.165, 1.54) is 5.01 Å². The Morgan fingerprint density at radius 1 is 1.35 bits per heavy atom. The Hall–Kier alpha value is -1.22. The largest absolute Gasteiger partial charge is 0.357 e. The van der Waals surface area contributed by atoms with Gasteiger partial charge >= 0.3 is 0 Å². The van der Waals surface area contributed by atoms with Gasteiger partial charge in [-0.3, -0.25) is 4.99 Å². The van der Waals surface area contributed by atoms with Gasteiger partial charge in [-0.25, -0.2) is 9.37 Å². The number of hydrogen-bond donors (Lipinski definition) is 2. The van der Waals surface area contributed by atoms with Crippen LogP contribution < -0.4 is 10.6 Å². The maximum Gasteiger partial charge on any atom is 0.191 e. The van der Waals surface area contributed by atoms with Gasteiger partial charge in [0, 0.05) is 24.9 Å². The number of halogens is 2. The first-order valence-electron chi connectivity index (χ1n) is 8.77. The van der Waals surface area contributed by atoms with Gasteiger partial charge in [-0.05, 0) is 44.4 Å². The van der Waals surface area contributed by atoms with Crippen molar-refractivity contribution in [1.82, 2.24) is 15.6 Å². The Morgan fingerprint density at radius 2 is 2.12 bits per heavy atom. The van der Waals surface area contributed by atoms with Crippen LogP contribution in [-0.2, 0) is 12.8 Å². The average molecular weight is 490 g/mol. The molecule has 0 aliphatic heterocycles. The summed E-state index contributed by atoms with van der Waals surface area (Å²) in [6.07, 6.45) is 1.80. The second-order valence-electron chi connectivity index (χ2n) is 5.97. The molecular formula is C19H28FIN4S. The Balaban J connectivity index is 0.00000338. The molecule has 26 heavy (non-hydrogen) atoms. The van der Waals surface area contributed by atoms with E-state index < -0.39 is 0 Å². The highest BCUT2D eigenvalue weighted by Gasteiger charge is 2.10. The molecule has 0 spiro atoms. The molecule has 1 aromatic heterocycles. The topological polar surface area (TPSA) is 49.3 Å². The highest BCUT2D eigenvalue weighted by molar-refractivity contribution is 14.0. The summed E-state index contributed by atoms with van der Waals surface area (Å²) < 4.78 is 13.8. The predicted molar refractivity (Wildman–Crippen MR) is 119 cm³/mol. The van der Waals surface area contributed by atoms with Crippen molar-refractivity contribution in [2.45, 2.75) is 46.6 Å². The number of guanidine groups is 1. The zero-order chi connectivity index (χ0) is 18.2. The van der Waals surface area contributed by atoms with Crippen molar-refractivity contribution < 1.29 is 4.39 Å². The molecule has 1 heterocycles. The van der Waals surface area contributed by atoms with Crippen LogP contribution in [0.5, 0.6) is 0 Å². The summed E-state index contributed by atoms with van der Waals surface area (Å²) in [5, 5.41) is 9.85. The fraction of sp³-hybridized carbons (Fsp3) is 0.474. The lowest BCUT2D eigenvalue weighted by atomic mass is 10.1. The molecule has 1 unspecified atom stereocenters. The lowest BCUT2D eigenvalue weighted by Gasteiger charge is -2.18. The molecule has 2 rings (SSSR count). The van der Waals surface area contributed by atoms with Gasteiger partial charge in [0.05, 0.1) is 16.7 Å². The fourth-order valence-electron chi connectivity index (χ4n) is 2.40. The minimum Gasteiger partial charge on any atom is -0.357 e. The van der Waals surface area contributed by atoms with Gasteiger partial charge in [0.15, 0.2) is 5.96 Å². The first kappa shape index (κ1) is 22.8. The lowest BCUT2D eigenvalue weighted by Crippen LogP contribution is -2.39. The van der Waals surface area contributed by atoms with Crippen molar-refractivity contribution in [1.29, 1.82) is 0 Å². The molecular weight excluding hydrogens is 462 g/mol. The molecule has 4 nitrogen and oxygen atoms in total. The van der Waals surface area contributed by atoms with Gasteiger partial charge in [-0.1, -0.05) is 19.1 Å². The van der Waals surface area contributed by atoms with E-state index in [0.717, 1.165) is 36.6 Å². The number of benzene rings is 1. The van der Waals surface area contributed by atoms with Crippen LogP contribution in [-0.4, -0.2) is 24.0 Å². The number of aromatic nitrogens is 1. The third-order valence-corrected chi connectivity index (χ3v) is 4.97. The normalized spacial score (nSPS) is 12.4. The number of thiazole rings is 1. The van der Waals surface area contributed by atoms with Gasteiger partial charge < -0.3 is 10.6 Å². The molecule has 0 aliphatic rings. The number of nitrogens with one attached hydrogen (secondary N) is 2. The van der Waals surface area contributed by atoms with E-state index in [4.69, 9.17) is 0 Å². The van der Waals surface area contributed by atoms with E-state index in [0.29, 0.717) is 12.1 Å². The third-order valence-electron chi connectivity index (χ3n) is 3.93. The summed E-state index contributed by atoms with van der Waals surface area (Å²) in [4.78, 5) is 9.18. The van der Waals surface area contributed by atoms with E-state index >= 15 is 0 Å². The van der Waals surface area contributed by atoms with Gasteiger partial charge in [0.1, 0.15) is 5.82 Å². The van der Waals surface area contributed by atoms with Crippen molar-refractivity contribution >= 4 is 41.3 Å². The van der Waals surface area contributed by atoms with E-state index in [2.05, 4.69) is 32.9 Å². The minimum absolute atomic E-state index is 0. The summed E-state index contributed by atoms with van der Waals surface area (Å²) in [5.41, 5.74) is 2.65. The van der Waals surface area contributed by atoms with Gasteiger partial charge in [0.2, 0.25) is 0 Å². The summed E-state index contributed by atoms with van der Waals surface area (Å²) in [6.45, 7) is 9.36. The molecule has 1 atom stereocenters. The third kappa shape index (κ3) is 6.83. The van der Waals surface area contributed by atoms with Crippen molar-refractivity contribution in [2.24, 2.45) is 4.99 Å².